The smallest absolute Gasteiger partial charge is 0.249 e. The third-order valence-corrected chi connectivity index (χ3v) is 16.8. The van der Waals surface area contributed by atoms with Gasteiger partial charge in [-0.3, -0.25) is 4.79 Å². The summed E-state index contributed by atoms with van der Waals surface area (Å²) in [7, 11) is 0. The summed E-state index contributed by atoms with van der Waals surface area (Å²) < 4.78 is 11.2. The third kappa shape index (κ3) is 46.7. The number of hydrogen-bond acceptors (Lipinski definition) is 9. The number of unbranched alkanes of at least 4 members (excludes halogenated alkanes) is 46. The van der Waals surface area contributed by atoms with Crippen molar-refractivity contribution in [2.24, 2.45) is 0 Å². The fraction of sp³-hybridized carbons (Fsp3) is 0.900. The van der Waals surface area contributed by atoms with Gasteiger partial charge in [0.05, 0.1) is 25.4 Å². The lowest BCUT2D eigenvalue weighted by Crippen LogP contribution is -2.60. The molecule has 10 nitrogen and oxygen atoms in total. The van der Waals surface area contributed by atoms with E-state index in [1.807, 2.05) is 6.08 Å². The molecule has 0 aromatic rings. The normalized spacial score (nSPS) is 19.0. The molecular weight excluding hydrogens is 999 g/mol. The van der Waals surface area contributed by atoms with Gasteiger partial charge in [-0.15, -0.1) is 0 Å². The minimum absolute atomic E-state index is 0.303. The summed E-state index contributed by atoms with van der Waals surface area (Å²) in [5, 5.41) is 65.2. The van der Waals surface area contributed by atoms with Crippen LogP contribution < -0.4 is 5.32 Å². The molecule has 0 spiro atoms. The molecule has 0 saturated carbocycles. The predicted molar refractivity (Wildman–Crippen MR) is 338 cm³/mol. The first-order valence-corrected chi connectivity index (χ1v) is 34.8. The van der Waals surface area contributed by atoms with E-state index in [1.165, 1.54) is 270 Å². The zero-order valence-corrected chi connectivity index (χ0v) is 52.5. The number of rotatable bonds is 61. The van der Waals surface area contributed by atoms with Crippen molar-refractivity contribution in [3.05, 3.63) is 36.5 Å². The fourth-order valence-corrected chi connectivity index (χ4v) is 11.3. The van der Waals surface area contributed by atoms with Crippen LogP contribution in [-0.2, 0) is 14.3 Å². The summed E-state index contributed by atoms with van der Waals surface area (Å²) in [5.74, 6) is -0.611. The second-order valence-corrected chi connectivity index (χ2v) is 24.5. The highest BCUT2D eigenvalue weighted by Crippen LogP contribution is 2.23. The quantitative estimate of drug-likeness (QED) is 0.0232. The van der Waals surface area contributed by atoms with E-state index < -0.39 is 61.5 Å². The Morgan fingerprint density at radius 2 is 0.762 bits per heavy atom. The molecule has 1 rings (SSSR count). The van der Waals surface area contributed by atoms with Gasteiger partial charge in [0.2, 0.25) is 5.91 Å². The molecule has 0 bridgehead atoms. The molecule has 10 heteroatoms. The van der Waals surface area contributed by atoms with Crippen molar-refractivity contribution in [3.63, 3.8) is 0 Å². The van der Waals surface area contributed by atoms with E-state index in [2.05, 4.69) is 43.5 Å². The number of aliphatic hydroxyl groups is 6. The fourth-order valence-electron chi connectivity index (χ4n) is 11.3. The van der Waals surface area contributed by atoms with E-state index >= 15 is 0 Å². The van der Waals surface area contributed by atoms with E-state index in [4.69, 9.17) is 9.47 Å². The van der Waals surface area contributed by atoms with Gasteiger partial charge in [0.15, 0.2) is 6.29 Å². The molecule has 1 aliphatic heterocycles. The van der Waals surface area contributed by atoms with Crippen LogP contribution in [-0.4, -0.2) is 98.7 Å². The Balaban J connectivity index is 2.10. The summed E-state index contributed by atoms with van der Waals surface area (Å²) in [6, 6.07) is -0.981. The molecule has 0 aromatic carbocycles. The topological polar surface area (TPSA) is 169 Å². The Bertz CT molecular complexity index is 1380. The van der Waals surface area contributed by atoms with Gasteiger partial charge in [-0.25, -0.2) is 0 Å². The van der Waals surface area contributed by atoms with Crippen LogP contribution in [0.4, 0.5) is 0 Å². The average Bonchev–Trinajstić information content (AvgIpc) is 3.46. The Morgan fingerprint density at radius 1 is 0.438 bits per heavy atom. The van der Waals surface area contributed by atoms with Crippen LogP contribution in [0, 0.1) is 0 Å². The molecule has 1 fully saturated rings. The highest BCUT2D eigenvalue weighted by Gasteiger charge is 2.44. The van der Waals surface area contributed by atoms with E-state index in [9.17, 15) is 35.4 Å². The molecule has 0 aliphatic carbocycles. The van der Waals surface area contributed by atoms with Crippen LogP contribution in [0.1, 0.15) is 341 Å². The van der Waals surface area contributed by atoms with E-state index in [0.717, 1.165) is 51.4 Å². The minimum Gasteiger partial charge on any atom is -0.394 e. The Hall–Kier alpha value is -1.63. The Morgan fingerprint density at radius 3 is 1.11 bits per heavy atom. The van der Waals surface area contributed by atoms with Crippen LogP contribution in [0.25, 0.3) is 0 Å². The molecule has 1 saturated heterocycles. The maximum absolute atomic E-state index is 13.2. The number of hydrogen-bond donors (Lipinski definition) is 7. The maximum atomic E-state index is 13.2. The number of carbonyl (C=O) groups excluding carboxylic acids is 1. The molecule has 0 aromatic heterocycles. The van der Waals surface area contributed by atoms with Crippen LogP contribution >= 0.6 is 0 Å². The lowest BCUT2D eigenvalue weighted by atomic mass is 9.99. The van der Waals surface area contributed by atoms with Gasteiger partial charge < -0.3 is 45.4 Å². The monoisotopic (exact) mass is 1130 g/mol. The van der Waals surface area contributed by atoms with Crippen LogP contribution in [0.3, 0.4) is 0 Å². The van der Waals surface area contributed by atoms with Crippen molar-refractivity contribution in [1.82, 2.24) is 5.32 Å². The van der Waals surface area contributed by atoms with E-state index in [-0.39, 0.29) is 6.61 Å². The van der Waals surface area contributed by atoms with E-state index in [0.29, 0.717) is 6.42 Å². The number of allylic oxidation sites excluding steroid dienone is 5. The lowest BCUT2D eigenvalue weighted by Gasteiger charge is -2.40. The first kappa shape index (κ1) is 76.4. The molecule has 472 valence electrons. The summed E-state index contributed by atoms with van der Waals surface area (Å²) >= 11 is 0. The molecule has 1 heterocycles. The number of aliphatic hydroxyl groups excluding tert-OH is 6. The molecule has 8 atom stereocenters. The molecule has 8 unspecified atom stereocenters. The van der Waals surface area contributed by atoms with Crippen molar-refractivity contribution >= 4 is 5.91 Å². The van der Waals surface area contributed by atoms with Gasteiger partial charge in [-0.2, -0.15) is 0 Å². The molecule has 0 radical (unpaired) electrons. The van der Waals surface area contributed by atoms with Gasteiger partial charge >= 0.3 is 0 Å². The lowest BCUT2D eigenvalue weighted by molar-refractivity contribution is -0.302. The number of ether oxygens (including phenoxy) is 2. The molecule has 1 amide bonds. The zero-order chi connectivity index (χ0) is 58.0. The SMILES string of the molecule is CCCCCCCCCCCCCCCCC/C=C\C/C=C\CCCCCCCCCCCCCCCCCCC(O)C(=O)NC(COC1OC(CO)C(O)C(O)C1O)C(O)/C=C/CCCCCCCCCCCCCCCCC. The summed E-state index contributed by atoms with van der Waals surface area (Å²) in [5.41, 5.74) is 0. The number of amides is 1. The molecule has 80 heavy (non-hydrogen) atoms. The first-order valence-electron chi connectivity index (χ1n) is 34.8. The largest absolute Gasteiger partial charge is 0.394 e. The van der Waals surface area contributed by atoms with Gasteiger partial charge in [0.25, 0.3) is 0 Å². The van der Waals surface area contributed by atoms with Crippen LogP contribution in [0.5, 0.6) is 0 Å². The number of nitrogens with one attached hydrogen (secondary N) is 1. The highest BCUT2D eigenvalue weighted by molar-refractivity contribution is 5.80. The maximum Gasteiger partial charge on any atom is 0.249 e. The second kappa shape index (κ2) is 59.1. The molecular formula is C70H133NO9. The van der Waals surface area contributed by atoms with Crippen molar-refractivity contribution < 1.29 is 44.9 Å². The summed E-state index contributed by atoms with van der Waals surface area (Å²) in [4.78, 5) is 13.2. The predicted octanol–water partition coefficient (Wildman–Crippen LogP) is 17.6. The van der Waals surface area contributed by atoms with Gasteiger partial charge in [0, 0.05) is 0 Å². The van der Waals surface area contributed by atoms with Crippen molar-refractivity contribution in [2.45, 2.75) is 390 Å². The van der Waals surface area contributed by atoms with Crippen molar-refractivity contribution in [1.29, 1.82) is 0 Å². The molecule has 7 N–H and O–H groups in total. The second-order valence-electron chi connectivity index (χ2n) is 24.5. The minimum atomic E-state index is -1.61. The summed E-state index contributed by atoms with van der Waals surface area (Å²) in [6.07, 6.45) is 68.6. The molecule has 1 aliphatic rings. The van der Waals surface area contributed by atoms with E-state index in [1.54, 1.807) is 6.08 Å². The van der Waals surface area contributed by atoms with Gasteiger partial charge in [0.1, 0.15) is 30.5 Å². The Labute approximate surface area is 494 Å². The van der Waals surface area contributed by atoms with Crippen LogP contribution in [0.2, 0.25) is 0 Å². The summed E-state index contributed by atoms with van der Waals surface area (Å²) in [6.45, 7) is 3.66. The van der Waals surface area contributed by atoms with Crippen LogP contribution in [0.15, 0.2) is 36.5 Å². The van der Waals surface area contributed by atoms with Crippen molar-refractivity contribution in [2.75, 3.05) is 13.2 Å². The zero-order valence-electron chi connectivity index (χ0n) is 52.5. The third-order valence-electron chi connectivity index (χ3n) is 16.8. The van der Waals surface area contributed by atoms with Crippen molar-refractivity contribution in [3.8, 4) is 0 Å². The highest BCUT2D eigenvalue weighted by atomic mass is 16.7. The standard InChI is InChI=1S/C70H133NO9/c1-3-5-7-9-11-13-15-17-19-21-22-23-24-25-26-27-28-29-30-31-32-33-34-35-36-37-38-39-40-41-43-45-47-49-51-53-55-57-59-64(74)69(78)71-62(61-79-70-68(77)67(76)66(75)65(60-72)80-70)63(73)58-56-54-52-50-48-46-44-42-20-18-16-14-12-10-8-6-4-2/h28-29,31-32,56,58,62-68,70,72-77H,3-27,30,33-55,57,59-61H2,1-2H3,(H,71,78)/b29-28-,32-31-,58-56+. The average molecular weight is 1130 g/mol. The number of carbonyl (C=O) groups is 1. The van der Waals surface area contributed by atoms with Gasteiger partial charge in [-0.05, 0) is 51.4 Å². The van der Waals surface area contributed by atoms with Gasteiger partial charge in [-0.1, -0.05) is 326 Å². The first-order chi connectivity index (χ1) is 39.3. The Kier molecular flexibility index (Phi) is 56.4.